The van der Waals surface area contributed by atoms with E-state index in [4.69, 9.17) is 0 Å². The highest BCUT2D eigenvalue weighted by molar-refractivity contribution is 7.94. The van der Waals surface area contributed by atoms with Crippen molar-refractivity contribution in [3.05, 3.63) is 41.8 Å². The maximum atomic E-state index is 12.3. The summed E-state index contributed by atoms with van der Waals surface area (Å²) in [5.41, 5.74) is 1.32. The van der Waals surface area contributed by atoms with E-state index in [9.17, 15) is 8.42 Å². The number of hydrogen-bond donors (Lipinski definition) is 2. The zero-order chi connectivity index (χ0) is 14.9. The monoisotopic (exact) mass is 320 g/mol. The molecule has 21 heavy (non-hydrogen) atoms. The average Bonchev–Trinajstić information content (AvgIpc) is 3.01. The molecule has 0 amide bonds. The Morgan fingerprint density at radius 3 is 2.24 bits per heavy atom. The summed E-state index contributed by atoms with van der Waals surface area (Å²) in [5, 5.41) is 4.57. The molecule has 0 saturated heterocycles. The summed E-state index contributed by atoms with van der Waals surface area (Å²) in [6, 6.07) is 10.5. The summed E-state index contributed by atoms with van der Waals surface area (Å²) < 4.78 is 27.3. The number of nitrogens with one attached hydrogen (secondary N) is 2. The number of para-hydroxylation sites is 2. The number of thiophene rings is 1. The van der Waals surface area contributed by atoms with Gasteiger partial charge in [0.05, 0.1) is 11.0 Å². The standard InChI is InChI=1S/C13H12N4O2S2/c1-14-12-13(16-10-6-3-2-5-9(10)15-12)17-21(18,19)11-7-4-8-20-11/h2-8H,1H3,(H,14,15)(H,16,17). The molecule has 108 valence electrons. The van der Waals surface area contributed by atoms with Gasteiger partial charge in [0.1, 0.15) is 4.21 Å². The second-order valence-corrected chi connectivity index (χ2v) is 7.05. The van der Waals surface area contributed by atoms with Crippen LogP contribution in [-0.4, -0.2) is 25.4 Å². The molecule has 0 unspecified atom stereocenters. The third kappa shape index (κ3) is 2.67. The molecule has 3 rings (SSSR count). The van der Waals surface area contributed by atoms with Gasteiger partial charge >= 0.3 is 0 Å². The molecular formula is C13H12N4O2S2. The normalized spacial score (nSPS) is 11.5. The van der Waals surface area contributed by atoms with E-state index in [2.05, 4.69) is 20.0 Å². The highest BCUT2D eigenvalue weighted by Gasteiger charge is 2.19. The number of sulfonamides is 1. The van der Waals surface area contributed by atoms with Gasteiger partial charge in [-0.25, -0.2) is 18.4 Å². The molecule has 0 atom stereocenters. The van der Waals surface area contributed by atoms with Crippen LogP contribution in [-0.2, 0) is 10.0 Å². The molecule has 2 N–H and O–H groups in total. The van der Waals surface area contributed by atoms with E-state index in [1.165, 1.54) is 0 Å². The lowest BCUT2D eigenvalue weighted by atomic mass is 10.3. The van der Waals surface area contributed by atoms with Crippen LogP contribution < -0.4 is 10.0 Å². The molecule has 0 bridgehead atoms. The molecule has 8 heteroatoms. The maximum absolute atomic E-state index is 12.3. The fourth-order valence-electron chi connectivity index (χ4n) is 1.84. The summed E-state index contributed by atoms with van der Waals surface area (Å²) in [5.74, 6) is 0.568. The molecule has 0 spiro atoms. The molecule has 3 aromatic rings. The van der Waals surface area contributed by atoms with Crippen molar-refractivity contribution in [1.29, 1.82) is 0 Å². The molecule has 0 saturated carbocycles. The van der Waals surface area contributed by atoms with Gasteiger partial charge in [0, 0.05) is 7.05 Å². The Labute approximate surface area is 125 Å². The van der Waals surface area contributed by atoms with Crippen LogP contribution in [0.1, 0.15) is 0 Å². The van der Waals surface area contributed by atoms with E-state index in [0.717, 1.165) is 11.3 Å². The largest absolute Gasteiger partial charge is 0.370 e. The molecule has 0 aliphatic heterocycles. The second-order valence-electron chi connectivity index (χ2n) is 4.20. The van der Waals surface area contributed by atoms with E-state index in [0.29, 0.717) is 16.9 Å². The minimum absolute atomic E-state index is 0.185. The second kappa shape index (κ2) is 5.30. The number of rotatable bonds is 4. The van der Waals surface area contributed by atoms with Crippen LogP contribution in [0.25, 0.3) is 11.0 Å². The van der Waals surface area contributed by atoms with Gasteiger partial charge in [-0.3, -0.25) is 4.72 Å². The van der Waals surface area contributed by atoms with Crippen LogP contribution in [0, 0.1) is 0 Å². The van der Waals surface area contributed by atoms with Crippen molar-refractivity contribution >= 4 is 44.0 Å². The number of aromatic nitrogens is 2. The molecule has 6 nitrogen and oxygen atoms in total. The van der Waals surface area contributed by atoms with Crippen LogP contribution in [0.2, 0.25) is 0 Å². The van der Waals surface area contributed by atoms with Crippen LogP contribution in [0.4, 0.5) is 11.6 Å². The Morgan fingerprint density at radius 2 is 1.67 bits per heavy atom. The number of anilines is 2. The fraction of sp³-hybridized carbons (Fsp3) is 0.0769. The maximum Gasteiger partial charge on any atom is 0.272 e. The smallest absolute Gasteiger partial charge is 0.272 e. The minimum atomic E-state index is -3.65. The van der Waals surface area contributed by atoms with E-state index in [1.807, 2.05) is 18.2 Å². The van der Waals surface area contributed by atoms with Gasteiger partial charge in [0.25, 0.3) is 10.0 Å². The van der Waals surface area contributed by atoms with Gasteiger partial charge in [0.15, 0.2) is 11.6 Å². The van der Waals surface area contributed by atoms with E-state index < -0.39 is 10.0 Å². The fourth-order valence-corrected chi connectivity index (χ4v) is 3.84. The summed E-state index contributed by atoms with van der Waals surface area (Å²) in [4.78, 5) is 8.69. The molecule has 1 aromatic carbocycles. The first-order chi connectivity index (χ1) is 10.1. The zero-order valence-corrected chi connectivity index (χ0v) is 12.7. The lowest BCUT2D eigenvalue weighted by Crippen LogP contribution is -2.14. The van der Waals surface area contributed by atoms with Gasteiger partial charge < -0.3 is 5.32 Å². The molecule has 0 fully saturated rings. The first kappa shape index (κ1) is 13.8. The third-order valence-corrected chi connectivity index (χ3v) is 5.53. The summed E-state index contributed by atoms with van der Waals surface area (Å²) in [6.45, 7) is 0. The SMILES string of the molecule is CNc1nc2ccccc2nc1NS(=O)(=O)c1cccs1. The molecule has 2 aromatic heterocycles. The molecule has 0 radical (unpaired) electrons. The van der Waals surface area contributed by atoms with Crippen molar-refractivity contribution in [2.45, 2.75) is 4.21 Å². The predicted octanol–water partition coefficient (Wildman–Crippen LogP) is 2.53. The first-order valence-corrected chi connectivity index (χ1v) is 8.47. The van der Waals surface area contributed by atoms with Crippen molar-refractivity contribution in [3.8, 4) is 0 Å². The van der Waals surface area contributed by atoms with Crippen LogP contribution in [0.3, 0.4) is 0 Å². The average molecular weight is 320 g/mol. The topological polar surface area (TPSA) is 84.0 Å². The van der Waals surface area contributed by atoms with E-state index in [-0.39, 0.29) is 10.0 Å². The van der Waals surface area contributed by atoms with Gasteiger partial charge in [0.2, 0.25) is 0 Å². The Kier molecular flexibility index (Phi) is 3.48. The number of nitrogens with zero attached hydrogens (tertiary/aromatic N) is 2. The van der Waals surface area contributed by atoms with Crippen molar-refractivity contribution < 1.29 is 8.42 Å². The van der Waals surface area contributed by atoms with Crippen molar-refractivity contribution in [1.82, 2.24) is 9.97 Å². The van der Waals surface area contributed by atoms with Gasteiger partial charge in [-0.05, 0) is 23.6 Å². The van der Waals surface area contributed by atoms with E-state index >= 15 is 0 Å². The molecule has 0 aliphatic carbocycles. The Morgan fingerprint density at radius 1 is 1.00 bits per heavy atom. The van der Waals surface area contributed by atoms with Gasteiger partial charge in [-0.15, -0.1) is 11.3 Å². The summed E-state index contributed by atoms with van der Waals surface area (Å²) in [7, 11) is -1.98. The molecular weight excluding hydrogens is 308 g/mol. The Hall–Kier alpha value is -2.19. The van der Waals surface area contributed by atoms with Crippen molar-refractivity contribution in [2.24, 2.45) is 0 Å². The minimum Gasteiger partial charge on any atom is -0.370 e. The summed E-state index contributed by atoms with van der Waals surface area (Å²) in [6.07, 6.45) is 0. The lowest BCUT2D eigenvalue weighted by Gasteiger charge is -2.10. The molecule has 2 heterocycles. The lowest BCUT2D eigenvalue weighted by molar-refractivity contribution is 0.603. The van der Waals surface area contributed by atoms with Crippen LogP contribution >= 0.6 is 11.3 Å². The van der Waals surface area contributed by atoms with Crippen LogP contribution in [0.15, 0.2) is 46.0 Å². The number of fused-ring (bicyclic) bond motifs is 1. The Bertz CT molecular complexity index is 876. The quantitative estimate of drug-likeness (QED) is 0.772. The third-order valence-electron chi connectivity index (χ3n) is 2.80. The van der Waals surface area contributed by atoms with Gasteiger partial charge in [-0.1, -0.05) is 18.2 Å². The first-order valence-electron chi connectivity index (χ1n) is 6.11. The van der Waals surface area contributed by atoms with E-state index in [1.54, 1.807) is 30.6 Å². The van der Waals surface area contributed by atoms with Crippen LogP contribution in [0.5, 0.6) is 0 Å². The zero-order valence-electron chi connectivity index (χ0n) is 11.1. The van der Waals surface area contributed by atoms with Gasteiger partial charge in [-0.2, -0.15) is 0 Å². The Balaban J connectivity index is 2.08. The summed E-state index contributed by atoms with van der Waals surface area (Å²) >= 11 is 1.15. The highest BCUT2D eigenvalue weighted by Crippen LogP contribution is 2.25. The predicted molar refractivity (Wildman–Crippen MR) is 84.2 cm³/mol. The highest BCUT2D eigenvalue weighted by atomic mass is 32.2. The molecule has 0 aliphatic rings. The van der Waals surface area contributed by atoms with Crippen molar-refractivity contribution in [2.75, 3.05) is 17.1 Å². The number of benzene rings is 1. The number of hydrogen-bond acceptors (Lipinski definition) is 6. The van der Waals surface area contributed by atoms with Crippen molar-refractivity contribution in [3.63, 3.8) is 0 Å².